The number of aryl methyl sites for hydroxylation is 2. The van der Waals surface area contributed by atoms with Gasteiger partial charge in [-0.05, 0) is 65.9 Å². The van der Waals surface area contributed by atoms with Crippen LogP contribution in [0.25, 0.3) is 11.1 Å². The van der Waals surface area contributed by atoms with Gasteiger partial charge in [0.25, 0.3) is 0 Å². The number of halogens is 3. The molecular formula is C23H20F3NO. The highest BCUT2D eigenvalue weighted by molar-refractivity contribution is 5.83. The Morgan fingerprint density at radius 2 is 1.61 bits per heavy atom. The summed E-state index contributed by atoms with van der Waals surface area (Å²) < 4.78 is 38.7. The molecule has 1 heterocycles. The van der Waals surface area contributed by atoms with Crippen molar-refractivity contribution in [3.63, 3.8) is 0 Å². The first kappa shape index (κ1) is 19.8. The summed E-state index contributed by atoms with van der Waals surface area (Å²) >= 11 is 0. The molecule has 3 rings (SSSR count). The molecule has 0 saturated carbocycles. The average molecular weight is 383 g/mol. The molecule has 144 valence electrons. The maximum absolute atomic E-state index is 12.9. The average Bonchev–Trinajstić information content (AvgIpc) is 2.63. The van der Waals surface area contributed by atoms with Crippen molar-refractivity contribution in [2.75, 3.05) is 0 Å². The van der Waals surface area contributed by atoms with Gasteiger partial charge in [0.1, 0.15) is 5.78 Å². The Bertz CT molecular complexity index is 991. The molecule has 5 heteroatoms. The lowest BCUT2D eigenvalue weighted by atomic mass is 9.96. The number of nitrogens with zero attached hydrogens (tertiary/aromatic N) is 1. The molecule has 0 aliphatic heterocycles. The van der Waals surface area contributed by atoms with Gasteiger partial charge in [-0.2, -0.15) is 13.2 Å². The standard InChI is InChI=1S/C23H20F3NO/c1-15-3-8-21(23(24,25)26)13-20(15)14-22(28)12-17-4-6-18(7-5-17)19-9-10-27-16(2)11-19/h3-11,13H,12,14H2,1-2H3. The van der Waals surface area contributed by atoms with Gasteiger partial charge in [0, 0.05) is 24.7 Å². The minimum Gasteiger partial charge on any atom is -0.299 e. The summed E-state index contributed by atoms with van der Waals surface area (Å²) in [4.78, 5) is 16.6. The number of rotatable bonds is 5. The molecule has 0 saturated heterocycles. The number of ketones is 1. The first-order chi connectivity index (χ1) is 13.2. The van der Waals surface area contributed by atoms with Crippen LogP contribution in [0.3, 0.4) is 0 Å². The molecule has 0 aliphatic carbocycles. The Hall–Kier alpha value is -2.95. The number of aromatic nitrogens is 1. The number of hydrogen-bond donors (Lipinski definition) is 0. The Morgan fingerprint density at radius 1 is 0.893 bits per heavy atom. The zero-order valence-corrected chi connectivity index (χ0v) is 15.7. The second-order valence-corrected chi connectivity index (χ2v) is 6.91. The monoisotopic (exact) mass is 383 g/mol. The molecule has 0 bridgehead atoms. The summed E-state index contributed by atoms with van der Waals surface area (Å²) in [5.74, 6) is -0.116. The molecule has 0 aliphatic rings. The number of alkyl halides is 3. The summed E-state index contributed by atoms with van der Waals surface area (Å²) in [6.07, 6.45) is -2.49. The number of carbonyl (C=O) groups is 1. The zero-order chi connectivity index (χ0) is 20.3. The summed E-state index contributed by atoms with van der Waals surface area (Å²) in [5, 5.41) is 0. The lowest BCUT2D eigenvalue weighted by molar-refractivity contribution is -0.137. The number of hydrogen-bond acceptors (Lipinski definition) is 2. The smallest absolute Gasteiger partial charge is 0.299 e. The third-order valence-electron chi connectivity index (χ3n) is 4.65. The van der Waals surface area contributed by atoms with Gasteiger partial charge in [-0.15, -0.1) is 0 Å². The lowest BCUT2D eigenvalue weighted by Crippen LogP contribution is -2.10. The highest BCUT2D eigenvalue weighted by atomic mass is 19.4. The van der Waals surface area contributed by atoms with E-state index in [1.165, 1.54) is 6.07 Å². The number of Topliss-reactive ketones (excluding diaryl/α,β-unsaturated/α-hetero) is 1. The van der Waals surface area contributed by atoms with E-state index in [-0.39, 0.29) is 18.6 Å². The molecular weight excluding hydrogens is 363 g/mol. The zero-order valence-electron chi connectivity index (χ0n) is 15.7. The molecule has 2 aromatic carbocycles. The van der Waals surface area contributed by atoms with E-state index in [0.717, 1.165) is 34.5 Å². The van der Waals surface area contributed by atoms with E-state index in [4.69, 9.17) is 0 Å². The Morgan fingerprint density at radius 3 is 2.25 bits per heavy atom. The van der Waals surface area contributed by atoms with E-state index in [1.54, 1.807) is 13.1 Å². The van der Waals surface area contributed by atoms with E-state index in [1.807, 2.05) is 43.3 Å². The summed E-state index contributed by atoms with van der Waals surface area (Å²) in [6, 6.07) is 15.1. The van der Waals surface area contributed by atoms with Crippen LogP contribution in [0.2, 0.25) is 0 Å². The molecule has 0 N–H and O–H groups in total. The molecule has 0 amide bonds. The summed E-state index contributed by atoms with van der Waals surface area (Å²) in [5.41, 5.74) is 4.21. The van der Waals surface area contributed by atoms with Gasteiger partial charge in [-0.3, -0.25) is 9.78 Å². The van der Waals surface area contributed by atoms with Gasteiger partial charge in [-0.1, -0.05) is 30.3 Å². The van der Waals surface area contributed by atoms with E-state index < -0.39 is 11.7 Å². The minimum atomic E-state index is -4.41. The van der Waals surface area contributed by atoms with Crippen molar-refractivity contribution < 1.29 is 18.0 Å². The van der Waals surface area contributed by atoms with Crippen LogP contribution in [0.5, 0.6) is 0 Å². The van der Waals surface area contributed by atoms with Crippen LogP contribution in [0.15, 0.2) is 60.8 Å². The first-order valence-corrected chi connectivity index (χ1v) is 8.93. The first-order valence-electron chi connectivity index (χ1n) is 8.93. The van der Waals surface area contributed by atoms with E-state index in [0.29, 0.717) is 11.1 Å². The fourth-order valence-corrected chi connectivity index (χ4v) is 3.08. The molecule has 3 aromatic rings. The van der Waals surface area contributed by atoms with Gasteiger partial charge >= 0.3 is 6.18 Å². The Balaban J connectivity index is 1.70. The van der Waals surface area contributed by atoms with Crippen LogP contribution in [0.1, 0.15) is 27.9 Å². The fraction of sp³-hybridized carbons (Fsp3) is 0.217. The topological polar surface area (TPSA) is 30.0 Å². The van der Waals surface area contributed by atoms with Crippen LogP contribution in [0.4, 0.5) is 13.2 Å². The number of pyridine rings is 1. The molecule has 1 aromatic heterocycles. The van der Waals surface area contributed by atoms with Crippen molar-refractivity contribution in [1.82, 2.24) is 4.98 Å². The molecule has 0 radical (unpaired) electrons. The third-order valence-corrected chi connectivity index (χ3v) is 4.65. The molecule has 28 heavy (non-hydrogen) atoms. The van der Waals surface area contributed by atoms with E-state index in [9.17, 15) is 18.0 Å². The second-order valence-electron chi connectivity index (χ2n) is 6.91. The quantitative estimate of drug-likeness (QED) is 0.562. The predicted octanol–water partition coefficient (Wildman–Crippen LogP) is 5.74. The van der Waals surface area contributed by atoms with Crippen molar-refractivity contribution in [2.45, 2.75) is 32.9 Å². The Labute approximate surface area is 162 Å². The Kier molecular flexibility index (Phi) is 5.63. The van der Waals surface area contributed by atoms with Gasteiger partial charge in [0.05, 0.1) is 5.56 Å². The van der Waals surface area contributed by atoms with Gasteiger partial charge in [-0.25, -0.2) is 0 Å². The van der Waals surface area contributed by atoms with E-state index in [2.05, 4.69) is 4.98 Å². The highest BCUT2D eigenvalue weighted by Crippen LogP contribution is 2.30. The van der Waals surface area contributed by atoms with Crippen molar-refractivity contribution in [1.29, 1.82) is 0 Å². The summed E-state index contributed by atoms with van der Waals surface area (Å²) in [6.45, 7) is 3.64. The van der Waals surface area contributed by atoms with Crippen molar-refractivity contribution in [2.24, 2.45) is 0 Å². The van der Waals surface area contributed by atoms with Gasteiger partial charge in [0.2, 0.25) is 0 Å². The molecule has 0 unspecified atom stereocenters. The molecule has 0 spiro atoms. The SMILES string of the molecule is Cc1cc(-c2ccc(CC(=O)Cc3cc(C(F)(F)F)ccc3C)cc2)ccn1. The van der Waals surface area contributed by atoms with Crippen molar-refractivity contribution >= 4 is 5.78 Å². The van der Waals surface area contributed by atoms with Crippen molar-refractivity contribution in [3.05, 3.63) is 88.7 Å². The second kappa shape index (κ2) is 7.97. The predicted molar refractivity (Wildman–Crippen MR) is 103 cm³/mol. The largest absolute Gasteiger partial charge is 0.416 e. The van der Waals surface area contributed by atoms with Crippen LogP contribution in [-0.4, -0.2) is 10.8 Å². The minimum absolute atomic E-state index is 0.0128. The molecule has 2 nitrogen and oxygen atoms in total. The van der Waals surface area contributed by atoms with Crippen LogP contribution in [0, 0.1) is 13.8 Å². The van der Waals surface area contributed by atoms with Crippen LogP contribution >= 0.6 is 0 Å². The number of benzene rings is 2. The third kappa shape index (κ3) is 4.85. The van der Waals surface area contributed by atoms with Crippen molar-refractivity contribution in [3.8, 4) is 11.1 Å². The van der Waals surface area contributed by atoms with Crippen LogP contribution in [-0.2, 0) is 23.8 Å². The van der Waals surface area contributed by atoms with E-state index >= 15 is 0 Å². The van der Waals surface area contributed by atoms with Crippen LogP contribution < -0.4 is 0 Å². The van der Waals surface area contributed by atoms with Gasteiger partial charge in [0.15, 0.2) is 0 Å². The highest BCUT2D eigenvalue weighted by Gasteiger charge is 2.30. The normalized spacial score (nSPS) is 11.5. The summed E-state index contributed by atoms with van der Waals surface area (Å²) in [7, 11) is 0. The fourth-order valence-electron chi connectivity index (χ4n) is 3.08. The molecule has 0 atom stereocenters. The lowest BCUT2D eigenvalue weighted by Gasteiger charge is -2.11. The molecule has 0 fully saturated rings. The number of carbonyl (C=O) groups excluding carboxylic acids is 1. The van der Waals surface area contributed by atoms with Gasteiger partial charge < -0.3 is 0 Å². The maximum atomic E-state index is 12.9. The maximum Gasteiger partial charge on any atom is 0.416 e.